The van der Waals surface area contributed by atoms with Crippen LogP contribution in [-0.4, -0.2) is 69.8 Å². The van der Waals surface area contributed by atoms with E-state index in [1.165, 1.54) is 0 Å². The number of hydrogen-bond acceptors (Lipinski definition) is 6. The Bertz CT molecular complexity index is 684. The molecule has 1 aromatic carbocycles. The van der Waals surface area contributed by atoms with Crippen molar-refractivity contribution >= 4 is 30.7 Å². The Morgan fingerprint density at radius 1 is 1.00 bits per heavy atom. The number of rotatable bonds is 7. The number of methoxy groups -OCH3 is 3. The van der Waals surface area contributed by atoms with Gasteiger partial charge in [0.2, 0.25) is 11.7 Å². The van der Waals surface area contributed by atoms with Crippen LogP contribution in [0.4, 0.5) is 0 Å². The lowest BCUT2D eigenvalue weighted by Gasteiger charge is -2.37. The maximum Gasteiger partial charge on any atom is 0.226 e. The molecular weight excluding hydrogens is 429 g/mol. The molecule has 1 amide bonds. The van der Waals surface area contributed by atoms with Gasteiger partial charge in [0.15, 0.2) is 11.5 Å². The Morgan fingerprint density at radius 2 is 1.67 bits per heavy atom. The monoisotopic (exact) mass is 463 g/mol. The lowest BCUT2D eigenvalue weighted by atomic mass is 9.94. The van der Waals surface area contributed by atoms with Crippen LogP contribution in [0, 0.1) is 11.8 Å². The Hall–Kier alpha value is -1.41. The summed E-state index contributed by atoms with van der Waals surface area (Å²) in [5.74, 6) is 2.77. The molecule has 2 atom stereocenters. The van der Waals surface area contributed by atoms with E-state index in [9.17, 15) is 4.79 Å². The lowest BCUT2D eigenvalue weighted by molar-refractivity contribution is -0.138. The number of amides is 1. The predicted molar refractivity (Wildman–Crippen MR) is 122 cm³/mol. The van der Waals surface area contributed by atoms with Gasteiger partial charge in [0, 0.05) is 44.2 Å². The summed E-state index contributed by atoms with van der Waals surface area (Å²) in [6.45, 7) is 4.60. The van der Waals surface area contributed by atoms with Crippen molar-refractivity contribution in [2.75, 3.05) is 54.1 Å². The van der Waals surface area contributed by atoms with Gasteiger partial charge in [-0.25, -0.2) is 0 Å². The molecule has 1 aliphatic heterocycles. The maximum absolute atomic E-state index is 12.9. The van der Waals surface area contributed by atoms with E-state index in [0.717, 1.165) is 57.5 Å². The van der Waals surface area contributed by atoms with Crippen LogP contribution in [0.5, 0.6) is 17.2 Å². The molecule has 1 saturated heterocycles. The molecule has 2 fully saturated rings. The van der Waals surface area contributed by atoms with E-state index in [0.29, 0.717) is 35.6 Å². The number of halogens is 2. The third-order valence-corrected chi connectivity index (χ3v) is 6.14. The summed E-state index contributed by atoms with van der Waals surface area (Å²) in [6, 6.07) is 3.92. The van der Waals surface area contributed by atoms with E-state index in [4.69, 9.17) is 19.9 Å². The Morgan fingerprint density at radius 3 is 2.23 bits per heavy atom. The molecule has 1 saturated carbocycles. The first-order chi connectivity index (χ1) is 13.6. The third-order valence-electron chi connectivity index (χ3n) is 6.14. The molecule has 0 spiro atoms. The van der Waals surface area contributed by atoms with Gasteiger partial charge in [-0.15, -0.1) is 24.8 Å². The van der Waals surface area contributed by atoms with Gasteiger partial charge in [0.05, 0.1) is 21.3 Å². The molecule has 1 aromatic rings. The fourth-order valence-electron chi connectivity index (χ4n) is 4.53. The molecule has 9 heteroatoms. The number of benzene rings is 1. The summed E-state index contributed by atoms with van der Waals surface area (Å²) in [5, 5.41) is 0. The lowest BCUT2D eigenvalue weighted by Crippen LogP contribution is -2.50. The second-order valence-corrected chi connectivity index (χ2v) is 7.63. The highest BCUT2D eigenvalue weighted by Crippen LogP contribution is 2.40. The highest BCUT2D eigenvalue weighted by atomic mass is 35.5. The molecule has 2 aliphatic rings. The average Bonchev–Trinajstić information content (AvgIpc) is 3.22. The van der Waals surface area contributed by atoms with Gasteiger partial charge in [0.25, 0.3) is 0 Å². The van der Waals surface area contributed by atoms with Crippen molar-refractivity contribution < 1.29 is 19.0 Å². The summed E-state index contributed by atoms with van der Waals surface area (Å²) in [6.07, 6.45) is 3.20. The molecule has 0 aromatic heterocycles. The second kappa shape index (κ2) is 12.4. The van der Waals surface area contributed by atoms with Crippen LogP contribution in [-0.2, 0) is 11.3 Å². The van der Waals surface area contributed by atoms with Crippen LogP contribution in [0.3, 0.4) is 0 Å². The summed E-state index contributed by atoms with van der Waals surface area (Å²) in [4.78, 5) is 17.3. The van der Waals surface area contributed by atoms with Gasteiger partial charge in [0.1, 0.15) is 0 Å². The number of piperazine rings is 1. The van der Waals surface area contributed by atoms with Crippen LogP contribution in [0.15, 0.2) is 12.1 Å². The van der Waals surface area contributed by atoms with Crippen molar-refractivity contribution in [1.82, 2.24) is 9.80 Å². The van der Waals surface area contributed by atoms with Crippen LogP contribution in [0.25, 0.3) is 0 Å². The number of ether oxygens (including phenoxy) is 3. The van der Waals surface area contributed by atoms with Crippen molar-refractivity contribution in [2.45, 2.75) is 25.8 Å². The van der Waals surface area contributed by atoms with Gasteiger partial charge < -0.3 is 24.8 Å². The zero-order valence-electron chi connectivity index (χ0n) is 18.1. The highest BCUT2D eigenvalue weighted by molar-refractivity contribution is 5.85. The molecule has 1 heterocycles. The van der Waals surface area contributed by atoms with E-state index in [1.54, 1.807) is 21.3 Å². The van der Waals surface area contributed by atoms with Crippen LogP contribution < -0.4 is 19.9 Å². The van der Waals surface area contributed by atoms with Crippen LogP contribution >= 0.6 is 24.8 Å². The van der Waals surface area contributed by atoms with Crippen molar-refractivity contribution in [3.63, 3.8) is 0 Å². The van der Waals surface area contributed by atoms with Crippen molar-refractivity contribution in [3.05, 3.63) is 17.7 Å². The molecule has 3 rings (SSSR count). The predicted octanol–water partition coefficient (Wildman–Crippen LogP) is 2.58. The molecule has 7 nitrogen and oxygen atoms in total. The third kappa shape index (κ3) is 5.63. The number of nitrogens with two attached hydrogens (primary N) is 1. The Labute approximate surface area is 192 Å². The van der Waals surface area contributed by atoms with E-state index in [-0.39, 0.29) is 30.7 Å². The minimum atomic E-state index is 0. The Kier molecular flexibility index (Phi) is 11.0. The maximum atomic E-state index is 12.9. The number of hydrogen-bond donors (Lipinski definition) is 1. The normalized spacial score (nSPS) is 21.4. The van der Waals surface area contributed by atoms with E-state index >= 15 is 0 Å². The molecule has 30 heavy (non-hydrogen) atoms. The van der Waals surface area contributed by atoms with Gasteiger partial charge in [-0.2, -0.15) is 0 Å². The second-order valence-electron chi connectivity index (χ2n) is 7.63. The standard InChI is InChI=1S/C21H33N3O4.2ClH/c1-26-18-8-7-16(19(27-2)20(18)28-3)14-23-9-11-24(12-10-23)21(25)17-6-4-5-15(17)13-22;;/h7-8,15,17H,4-6,9-14,22H2,1-3H3;2*1H/t15-,17-;;/m1../s1. The zero-order valence-corrected chi connectivity index (χ0v) is 19.7. The van der Waals surface area contributed by atoms with Crippen LogP contribution in [0.1, 0.15) is 24.8 Å². The van der Waals surface area contributed by atoms with E-state index in [1.807, 2.05) is 17.0 Å². The SMILES string of the molecule is COc1ccc(CN2CCN(C(=O)[C@@H]3CCC[C@@H]3CN)CC2)c(OC)c1OC.Cl.Cl. The van der Waals surface area contributed by atoms with E-state index in [2.05, 4.69) is 4.90 Å². The smallest absolute Gasteiger partial charge is 0.226 e. The summed E-state index contributed by atoms with van der Waals surface area (Å²) >= 11 is 0. The topological polar surface area (TPSA) is 77.3 Å². The minimum Gasteiger partial charge on any atom is -0.493 e. The van der Waals surface area contributed by atoms with Gasteiger partial charge in [-0.3, -0.25) is 9.69 Å². The van der Waals surface area contributed by atoms with E-state index < -0.39 is 0 Å². The van der Waals surface area contributed by atoms with Gasteiger partial charge in [-0.05, 0) is 31.4 Å². The van der Waals surface area contributed by atoms with Gasteiger partial charge >= 0.3 is 0 Å². The Balaban J connectivity index is 0.00000225. The number of carbonyl (C=O) groups is 1. The quantitative estimate of drug-likeness (QED) is 0.669. The molecule has 172 valence electrons. The molecular formula is C21H35Cl2N3O4. The van der Waals surface area contributed by atoms with Crippen LogP contribution in [0.2, 0.25) is 0 Å². The molecule has 0 radical (unpaired) electrons. The van der Waals surface area contributed by atoms with Crippen molar-refractivity contribution in [3.8, 4) is 17.2 Å². The summed E-state index contributed by atoms with van der Waals surface area (Å²) < 4.78 is 16.4. The average molecular weight is 464 g/mol. The first-order valence-electron chi connectivity index (χ1n) is 10.1. The molecule has 0 bridgehead atoms. The minimum absolute atomic E-state index is 0. The molecule has 2 N–H and O–H groups in total. The summed E-state index contributed by atoms with van der Waals surface area (Å²) in [5.41, 5.74) is 6.92. The fraction of sp³-hybridized carbons (Fsp3) is 0.667. The fourth-order valence-corrected chi connectivity index (χ4v) is 4.53. The first-order valence-corrected chi connectivity index (χ1v) is 10.1. The zero-order chi connectivity index (χ0) is 20.1. The molecule has 0 unspecified atom stereocenters. The number of nitrogens with zero attached hydrogens (tertiary/aromatic N) is 2. The van der Waals surface area contributed by atoms with Crippen molar-refractivity contribution in [2.24, 2.45) is 17.6 Å². The summed E-state index contributed by atoms with van der Waals surface area (Å²) in [7, 11) is 4.88. The number of carbonyl (C=O) groups excluding carboxylic acids is 1. The first kappa shape index (κ1) is 26.6. The van der Waals surface area contributed by atoms with Gasteiger partial charge in [-0.1, -0.05) is 12.5 Å². The van der Waals surface area contributed by atoms with Crippen molar-refractivity contribution in [1.29, 1.82) is 0 Å². The largest absolute Gasteiger partial charge is 0.493 e. The highest BCUT2D eigenvalue weighted by Gasteiger charge is 2.35. The molecule has 1 aliphatic carbocycles.